The zero-order valence-corrected chi connectivity index (χ0v) is 11.3. The zero-order chi connectivity index (χ0) is 13.6. The van der Waals surface area contributed by atoms with Crippen LogP contribution in [0.1, 0.15) is 26.3 Å². The second-order valence-electron chi connectivity index (χ2n) is 5.78. The molecule has 4 nitrogen and oxygen atoms in total. The number of rotatable bonds is 0. The molecule has 0 aliphatic rings. The van der Waals surface area contributed by atoms with Gasteiger partial charge in [0.05, 0.1) is 10.9 Å². The normalized spacial score (nSPS) is 12.2. The Labute approximate surface area is 111 Å². The number of anilines is 1. The quantitative estimate of drug-likeness (QED) is 0.624. The van der Waals surface area contributed by atoms with E-state index in [1.165, 1.54) is 11.9 Å². The minimum atomic E-state index is 0.113. The molecular formula is C15H16N4. The summed E-state index contributed by atoms with van der Waals surface area (Å²) in [6, 6.07) is 8.33. The third-order valence-electron chi connectivity index (χ3n) is 3.31. The van der Waals surface area contributed by atoms with Crippen molar-refractivity contribution in [2.24, 2.45) is 0 Å². The van der Waals surface area contributed by atoms with E-state index in [2.05, 4.69) is 47.9 Å². The van der Waals surface area contributed by atoms with Crippen LogP contribution in [0, 0.1) is 0 Å². The Bertz CT molecular complexity index is 772. The van der Waals surface area contributed by atoms with Crippen LogP contribution < -0.4 is 5.73 Å². The summed E-state index contributed by atoms with van der Waals surface area (Å²) in [5.41, 5.74) is 8.84. The summed E-state index contributed by atoms with van der Waals surface area (Å²) in [7, 11) is 0. The number of benzene rings is 1. The van der Waals surface area contributed by atoms with Gasteiger partial charge in [-0.25, -0.2) is 15.0 Å². The fourth-order valence-electron chi connectivity index (χ4n) is 2.14. The second-order valence-corrected chi connectivity index (χ2v) is 5.78. The van der Waals surface area contributed by atoms with E-state index in [9.17, 15) is 0 Å². The molecule has 2 N–H and O–H groups in total. The molecular weight excluding hydrogens is 236 g/mol. The lowest BCUT2D eigenvalue weighted by Gasteiger charge is -2.19. The van der Waals surface area contributed by atoms with Gasteiger partial charge in [-0.15, -0.1) is 0 Å². The molecule has 3 aromatic rings. The molecule has 0 radical (unpaired) electrons. The molecule has 2 aromatic heterocycles. The average Bonchev–Trinajstić information content (AvgIpc) is 2.35. The summed E-state index contributed by atoms with van der Waals surface area (Å²) in [5.74, 6) is 0.473. The number of pyridine rings is 1. The van der Waals surface area contributed by atoms with Crippen molar-refractivity contribution in [1.82, 2.24) is 15.0 Å². The fourth-order valence-corrected chi connectivity index (χ4v) is 2.14. The molecule has 0 unspecified atom stereocenters. The average molecular weight is 252 g/mol. The number of hydrogen-bond donors (Lipinski definition) is 1. The molecule has 4 heteroatoms. The highest BCUT2D eigenvalue weighted by Gasteiger charge is 2.14. The van der Waals surface area contributed by atoms with Crippen molar-refractivity contribution in [2.75, 3.05) is 5.73 Å². The maximum absolute atomic E-state index is 5.88. The van der Waals surface area contributed by atoms with E-state index >= 15 is 0 Å². The van der Waals surface area contributed by atoms with Crippen LogP contribution in [0.3, 0.4) is 0 Å². The third kappa shape index (κ3) is 1.99. The Balaban J connectivity index is 2.34. The first-order chi connectivity index (χ1) is 8.95. The maximum atomic E-state index is 5.88. The van der Waals surface area contributed by atoms with Crippen LogP contribution in [0.5, 0.6) is 0 Å². The standard InChI is InChI=1S/C15H16N4/c1-15(2,3)10-4-5-12-9(6-10)7-11-13(16)17-8-18-14(11)19-12/h4-8H,1-3H3,(H2,16,17,18,19). The molecule has 2 heterocycles. The Hall–Kier alpha value is -2.23. The lowest BCUT2D eigenvalue weighted by molar-refractivity contribution is 0.591. The molecule has 0 fully saturated rings. The molecule has 3 rings (SSSR count). The number of fused-ring (bicyclic) bond motifs is 2. The van der Waals surface area contributed by atoms with Crippen LogP contribution in [0.4, 0.5) is 5.82 Å². The fraction of sp³-hybridized carbons (Fsp3) is 0.267. The van der Waals surface area contributed by atoms with Crippen LogP contribution in [-0.2, 0) is 5.41 Å². The largest absolute Gasteiger partial charge is 0.383 e. The van der Waals surface area contributed by atoms with Crippen LogP contribution in [0.25, 0.3) is 21.9 Å². The monoisotopic (exact) mass is 252 g/mol. The maximum Gasteiger partial charge on any atom is 0.165 e. The van der Waals surface area contributed by atoms with E-state index in [0.717, 1.165) is 16.3 Å². The Kier molecular flexibility index (Phi) is 2.42. The highest BCUT2D eigenvalue weighted by Crippen LogP contribution is 2.27. The molecule has 0 bridgehead atoms. The molecule has 96 valence electrons. The first-order valence-corrected chi connectivity index (χ1v) is 6.26. The number of hydrogen-bond acceptors (Lipinski definition) is 4. The molecule has 0 aliphatic carbocycles. The van der Waals surface area contributed by atoms with E-state index in [-0.39, 0.29) is 5.41 Å². The summed E-state index contributed by atoms with van der Waals surface area (Å²) < 4.78 is 0. The van der Waals surface area contributed by atoms with E-state index in [1.807, 2.05) is 12.1 Å². The van der Waals surface area contributed by atoms with E-state index in [0.29, 0.717) is 11.5 Å². The highest BCUT2D eigenvalue weighted by molar-refractivity contribution is 5.95. The summed E-state index contributed by atoms with van der Waals surface area (Å²) in [6.45, 7) is 6.58. The van der Waals surface area contributed by atoms with E-state index in [1.54, 1.807) is 0 Å². The molecule has 1 aromatic carbocycles. The van der Waals surface area contributed by atoms with Gasteiger partial charge in [-0.3, -0.25) is 0 Å². The number of aromatic nitrogens is 3. The van der Waals surface area contributed by atoms with E-state index in [4.69, 9.17) is 5.73 Å². The van der Waals surface area contributed by atoms with Crippen molar-refractivity contribution >= 4 is 27.8 Å². The van der Waals surface area contributed by atoms with Gasteiger partial charge in [-0.1, -0.05) is 26.8 Å². The molecule has 0 saturated carbocycles. The van der Waals surface area contributed by atoms with Crippen molar-refractivity contribution < 1.29 is 0 Å². The van der Waals surface area contributed by atoms with Crippen molar-refractivity contribution in [3.05, 3.63) is 36.2 Å². The molecule has 0 atom stereocenters. The molecule has 0 saturated heterocycles. The predicted molar refractivity (Wildman–Crippen MR) is 78.0 cm³/mol. The second kappa shape index (κ2) is 3.88. The summed E-state index contributed by atoms with van der Waals surface area (Å²) in [6.07, 6.45) is 1.44. The summed E-state index contributed by atoms with van der Waals surface area (Å²) in [4.78, 5) is 12.7. The SMILES string of the molecule is CC(C)(C)c1ccc2nc3ncnc(N)c3cc2c1. The number of nitrogens with two attached hydrogens (primary N) is 1. The Morgan fingerprint density at radius 3 is 2.58 bits per heavy atom. The molecule has 0 aliphatic heterocycles. The summed E-state index contributed by atoms with van der Waals surface area (Å²) >= 11 is 0. The predicted octanol–water partition coefficient (Wildman–Crippen LogP) is 3.06. The van der Waals surface area contributed by atoms with Crippen LogP contribution in [0.2, 0.25) is 0 Å². The Morgan fingerprint density at radius 1 is 1.05 bits per heavy atom. The van der Waals surface area contributed by atoms with Gasteiger partial charge in [0.1, 0.15) is 12.1 Å². The van der Waals surface area contributed by atoms with Crippen molar-refractivity contribution in [3.63, 3.8) is 0 Å². The van der Waals surface area contributed by atoms with Gasteiger partial charge in [0.2, 0.25) is 0 Å². The van der Waals surface area contributed by atoms with Crippen LogP contribution >= 0.6 is 0 Å². The first kappa shape index (κ1) is 11.8. The lowest BCUT2D eigenvalue weighted by Crippen LogP contribution is -2.10. The topological polar surface area (TPSA) is 64.7 Å². The van der Waals surface area contributed by atoms with Crippen molar-refractivity contribution in [3.8, 4) is 0 Å². The minimum Gasteiger partial charge on any atom is -0.383 e. The van der Waals surface area contributed by atoms with E-state index < -0.39 is 0 Å². The first-order valence-electron chi connectivity index (χ1n) is 6.26. The van der Waals surface area contributed by atoms with Gasteiger partial charge < -0.3 is 5.73 Å². The lowest BCUT2D eigenvalue weighted by atomic mass is 9.86. The number of nitrogen functional groups attached to an aromatic ring is 1. The van der Waals surface area contributed by atoms with Crippen molar-refractivity contribution in [1.29, 1.82) is 0 Å². The minimum absolute atomic E-state index is 0.113. The Morgan fingerprint density at radius 2 is 1.84 bits per heavy atom. The highest BCUT2D eigenvalue weighted by atomic mass is 15.0. The van der Waals surface area contributed by atoms with Gasteiger partial charge in [0.25, 0.3) is 0 Å². The van der Waals surface area contributed by atoms with Crippen molar-refractivity contribution in [2.45, 2.75) is 26.2 Å². The smallest absolute Gasteiger partial charge is 0.165 e. The van der Waals surface area contributed by atoms with Gasteiger partial charge >= 0.3 is 0 Å². The zero-order valence-electron chi connectivity index (χ0n) is 11.3. The molecule has 0 spiro atoms. The molecule has 0 amide bonds. The van der Waals surface area contributed by atoms with Gasteiger partial charge in [0.15, 0.2) is 5.65 Å². The third-order valence-corrected chi connectivity index (χ3v) is 3.31. The summed E-state index contributed by atoms with van der Waals surface area (Å²) in [5, 5.41) is 1.88. The van der Waals surface area contributed by atoms with Gasteiger partial charge in [-0.05, 0) is 29.2 Å². The van der Waals surface area contributed by atoms with Crippen LogP contribution in [-0.4, -0.2) is 15.0 Å². The van der Waals surface area contributed by atoms with Gasteiger partial charge in [0, 0.05) is 5.39 Å². The van der Waals surface area contributed by atoms with Gasteiger partial charge in [-0.2, -0.15) is 0 Å². The molecule has 19 heavy (non-hydrogen) atoms. The number of nitrogens with zero attached hydrogens (tertiary/aromatic N) is 3. The van der Waals surface area contributed by atoms with Crippen LogP contribution in [0.15, 0.2) is 30.6 Å².